The zero-order chi connectivity index (χ0) is 15.4. The summed E-state index contributed by atoms with van der Waals surface area (Å²) in [5.41, 5.74) is 1.69. The Bertz CT molecular complexity index is 663. The summed E-state index contributed by atoms with van der Waals surface area (Å²) in [5, 5.41) is 13.2. The first-order chi connectivity index (χ1) is 9.97. The van der Waals surface area contributed by atoms with Crippen molar-refractivity contribution in [2.75, 3.05) is 5.32 Å². The van der Waals surface area contributed by atoms with Gasteiger partial charge in [-0.2, -0.15) is 0 Å². The van der Waals surface area contributed by atoms with E-state index in [2.05, 4.69) is 10.3 Å². The van der Waals surface area contributed by atoms with E-state index in [4.69, 9.17) is 4.74 Å². The van der Waals surface area contributed by atoms with Crippen LogP contribution >= 0.6 is 0 Å². The van der Waals surface area contributed by atoms with Crippen LogP contribution in [0.3, 0.4) is 0 Å². The predicted octanol–water partition coefficient (Wildman–Crippen LogP) is 2.39. The smallest absolute Gasteiger partial charge is 0.412 e. The van der Waals surface area contributed by atoms with E-state index in [0.717, 1.165) is 11.8 Å². The standard InChI is InChI=1S/C13H14N4O4/c1-9-3-5-10(6-4-9)15-13(18)21-8-11-14-7-12(16(11)2)17(19)20/h3-7H,8H2,1-2H3,(H,15,18). The number of nitrogens with one attached hydrogen (secondary N) is 1. The molecule has 2 rings (SSSR count). The summed E-state index contributed by atoms with van der Waals surface area (Å²) in [6.45, 7) is 1.79. The Labute approximate surface area is 120 Å². The van der Waals surface area contributed by atoms with Gasteiger partial charge in [0.25, 0.3) is 0 Å². The number of carbonyl (C=O) groups excluding carboxylic acids is 1. The monoisotopic (exact) mass is 290 g/mol. The summed E-state index contributed by atoms with van der Waals surface area (Å²) in [7, 11) is 1.49. The first-order valence-corrected chi connectivity index (χ1v) is 6.13. The van der Waals surface area contributed by atoms with Crippen LogP contribution in [0, 0.1) is 17.0 Å². The molecule has 0 saturated heterocycles. The summed E-state index contributed by atoms with van der Waals surface area (Å²) >= 11 is 0. The van der Waals surface area contributed by atoms with Gasteiger partial charge >= 0.3 is 11.9 Å². The Balaban J connectivity index is 1.92. The van der Waals surface area contributed by atoms with Gasteiger partial charge in [0.15, 0.2) is 6.61 Å². The number of rotatable bonds is 4. The molecule has 1 amide bonds. The van der Waals surface area contributed by atoms with Gasteiger partial charge in [-0.15, -0.1) is 0 Å². The number of aromatic nitrogens is 2. The molecule has 2 aromatic rings. The molecule has 0 aliphatic heterocycles. The van der Waals surface area contributed by atoms with Crippen LogP contribution in [0.2, 0.25) is 0 Å². The molecule has 8 heteroatoms. The molecule has 0 radical (unpaired) electrons. The zero-order valence-corrected chi connectivity index (χ0v) is 11.6. The molecule has 1 N–H and O–H groups in total. The second kappa shape index (κ2) is 6.04. The lowest BCUT2D eigenvalue weighted by Crippen LogP contribution is -2.15. The third-order valence-electron chi connectivity index (χ3n) is 2.88. The van der Waals surface area contributed by atoms with Gasteiger partial charge in [0.1, 0.15) is 6.20 Å². The lowest BCUT2D eigenvalue weighted by Gasteiger charge is -2.06. The minimum absolute atomic E-state index is 0.151. The molecular formula is C13H14N4O4. The summed E-state index contributed by atoms with van der Waals surface area (Å²) in [6, 6.07) is 7.22. The molecule has 0 aliphatic rings. The van der Waals surface area contributed by atoms with Gasteiger partial charge in [-0.3, -0.25) is 5.32 Å². The van der Waals surface area contributed by atoms with Crippen molar-refractivity contribution in [3.05, 3.63) is 52.0 Å². The van der Waals surface area contributed by atoms with Gasteiger partial charge in [-0.05, 0) is 24.0 Å². The minimum atomic E-state index is -0.649. The number of nitrogens with zero attached hydrogens (tertiary/aromatic N) is 3. The fraction of sp³-hybridized carbons (Fsp3) is 0.231. The minimum Gasteiger partial charge on any atom is -0.439 e. The second-order valence-corrected chi connectivity index (χ2v) is 4.42. The molecule has 1 aromatic heterocycles. The largest absolute Gasteiger partial charge is 0.439 e. The quantitative estimate of drug-likeness (QED) is 0.688. The SMILES string of the molecule is Cc1ccc(NC(=O)OCc2ncc([N+](=O)[O-])n2C)cc1. The van der Waals surface area contributed by atoms with Gasteiger partial charge in [-0.1, -0.05) is 17.7 Å². The Morgan fingerprint density at radius 3 is 2.67 bits per heavy atom. The second-order valence-electron chi connectivity index (χ2n) is 4.42. The topological polar surface area (TPSA) is 99.3 Å². The number of imidazole rings is 1. The van der Waals surface area contributed by atoms with Crippen LogP contribution in [0.1, 0.15) is 11.4 Å². The fourth-order valence-electron chi connectivity index (χ4n) is 1.66. The van der Waals surface area contributed by atoms with Gasteiger partial charge in [-0.25, -0.2) is 14.3 Å². The lowest BCUT2D eigenvalue weighted by molar-refractivity contribution is -0.391. The van der Waals surface area contributed by atoms with E-state index in [1.165, 1.54) is 11.6 Å². The zero-order valence-electron chi connectivity index (χ0n) is 11.6. The molecule has 0 atom stereocenters. The van der Waals surface area contributed by atoms with Crippen molar-refractivity contribution in [3.63, 3.8) is 0 Å². The number of amides is 1. The number of anilines is 1. The number of ether oxygens (including phenoxy) is 1. The lowest BCUT2D eigenvalue weighted by atomic mass is 10.2. The van der Waals surface area contributed by atoms with Crippen LogP contribution in [-0.2, 0) is 18.4 Å². The molecule has 8 nitrogen and oxygen atoms in total. The maximum Gasteiger partial charge on any atom is 0.412 e. The molecular weight excluding hydrogens is 276 g/mol. The number of hydrogen-bond donors (Lipinski definition) is 1. The number of carbonyl (C=O) groups is 1. The van der Waals surface area contributed by atoms with E-state index in [1.54, 1.807) is 12.1 Å². The van der Waals surface area contributed by atoms with Crippen molar-refractivity contribution in [2.24, 2.45) is 7.05 Å². The van der Waals surface area contributed by atoms with Crippen molar-refractivity contribution in [1.29, 1.82) is 0 Å². The molecule has 1 aromatic carbocycles. The van der Waals surface area contributed by atoms with Gasteiger partial charge < -0.3 is 14.9 Å². The van der Waals surface area contributed by atoms with Crippen molar-refractivity contribution in [1.82, 2.24) is 9.55 Å². The summed E-state index contributed by atoms with van der Waals surface area (Å²) in [6.07, 6.45) is 0.473. The average Bonchev–Trinajstić information content (AvgIpc) is 2.80. The number of benzene rings is 1. The molecule has 21 heavy (non-hydrogen) atoms. The average molecular weight is 290 g/mol. The summed E-state index contributed by atoms with van der Waals surface area (Å²) < 4.78 is 6.24. The highest BCUT2D eigenvalue weighted by atomic mass is 16.6. The highest BCUT2D eigenvalue weighted by Gasteiger charge is 2.17. The predicted molar refractivity (Wildman–Crippen MR) is 74.8 cm³/mol. The van der Waals surface area contributed by atoms with Crippen molar-refractivity contribution >= 4 is 17.6 Å². The maximum absolute atomic E-state index is 11.6. The van der Waals surface area contributed by atoms with Crippen LogP contribution in [0.5, 0.6) is 0 Å². The molecule has 1 heterocycles. The van der Waals surface area contributed by atoms with E-state index < -0.39 is 11.0 Å². The van der Waals surface area contributed by atoms with Crippen molar-refractivity contribution in [3.8, 4) is 0 Å². The molecule has 0 spiro atoms. The first kappa shape index (κ1) is 14.5. The molecule has 110 valence electrons. The van der Waals surface area contributed by atoms with Crippen LogP contribution in [0.25, 0.3) is 0 Å². The fourth-order valence-corrected chi connectivity index (χ4v) is 1.66. The third-order valence-corrected chi connectivity index (χ3v) is 2.88. The Morgan fingerprint density at radius 2 is 2.10 bits per heavy atom. The Morgan fingerprint density at radius 1 is 1.43 bits per heavy atom. The molecule has 0 bridgehead atoms. The highest BCUT2D eigenvalue weighted by molar-refractivity contribution is 5.84. The van der Waals surface area contributed by atoms with Crippen LogP contribution in [0.15, 0.2) is 30.5 Å². The first-order valence-electron chi connectivity index (χ1n) is 6.13. The summed E-state index contributed by atoms with van der Waals surface area (Å²) in [5.74, 6) is 0.133. The van der Waals surface area contributed by atoms with E-state index >= 15 is 0 Å². The van der Waals surface area contributed by atoms with Gasteiger partial charge in [0.05, 0.1) is 7.05 Å². The maximum atomic E-state index is 11.6. The molecule has 0 unspecified atom stereocenters. The highest BCUT2D eigenvalue weighted by Crippen LogP contribution is 2.13. The van der Waals surface area contributed by atoms with Crippen LogP contribution in [0.4, 0.5) is 16.3 Å². The van der Waals surface area contributed by atoms with Crippen LogP contribution < -0.4 is 5.32 Å². The van der Waals surface area contributed by atoms with E-state index in [9.17, 15) is 14.9 Å². The molecule has 0 fully saturated rings. The third kappa shape index (κ3) is 3.56. The molecule has 0 aliphatic carbocycles. The van der Waals surface area contributed by atoms with Gasteiger partial charge in [0, 0.05) is 5.69 Å². The number of aryl methyl sites for hydroxylation is 1. The number of hydrogen-bond acceptors (Lipinski definition) is 5. The van der Waals surface area contributed by atoms with E-state index in [1.807, 2.05) is 19.1 Å². The molecule has 0 saturated carbocycles. The van der Waals surface area contributed by atoms with Crippen molar-refractivity contribution in [2.45, 2.75) is 13.5 Å². The van der Waals surface area contributed by atoms with E-state index in [-0.39, 0.29) is 12.4 Å². The number of nitro groups is 1. The Kier molecular flexibility index (Phi) is 4.17. The summed E-state index contributed by atoms with van der Waals surface area (Å²) in [4.78, 5) is 25.6. The Hall–Kier alpha value is -2.90. The van der Waals surface area contributed by atoms with Crippen molar-refractivity contribution < 1.29 is 14.5 Å². The normalized spacial score (nSPS) is 10.2. The van der Waals surface area contributed by atoms with Gasteiger partial charge in [0.2, 0.25) is 5.82 Å². The van der Waals surface area contributed by atoms with E-state index in [0.29, 0.717) is 11.5 Å². The van der Waals surface area contributed by atoms with Crippen LogP contribution in [-0.4, -0.2) is 20.6 Å².